The lowest BCUT2D eigenvalue weighted by atomic mass is 9.98. The predicted octanol–water partition coefficient (Wildman–Crippen LogP) is 4.70. The first-order chi connectivity index (χ1) is 17.1. The first kappa shape index (κ1) is 22.0. The van der Waals surface area contributed by atoms with E-state index in [1.807, 2.05) is 27.5 Å². The fourth-order valence-electron chi connectivity index (χ4n) is 4.51. The van der Waals surface area contributed by atoms with Crippen molar-refractivity contribution >= 4 is 28.8 Å². The summed E-state index contributed by atoms with van der Waals surface area (Å²) < 4.78 is 2.04. The van der Waals surface area contributed by atoms with Gasteiger partial charge in [0.25, 0.3) is 5.91 Å². The van der Waals surface area contributed by atoms with Crippen molar-refractivity contribution in [2.45, 2.75) is 12.3 Å². The Labute approximate surface area is 202 Å². The summed E-state index contributed by atoms with van der Waals surface area (Å²) in [4.78, 5) is 38.3. The molecule has 0 aliphatic carbocycles. The topological polar surface area (TPSA) is 84.0 Å². The molecule has 1 fully saturated rings. The zero-order valence-corrected chi connectivity index (χ0v) is 18.9. The van der Waals surface area contributed by atoms with Crippen molar-refractivity contribution in [3.8, 4) is 11.3 Å². The SMILES string of the molecule is [C-]#[N+]c1ccnc(NC(=O)c2ccc(-c3cc(C4CCN(C(=O)C=C)C4)c4ccncn34)cc2)c1. The summed E-state index contributed by atoms with van der Waals surface area (Å²) in [5.74, 6) is 0.226. The normalized spacial score (nSPS) is 15.1. The molecule has 8 heteroatoms. The van der Waals surface area contributed by atoms with E-state index >= 15 is 0 Å². The van der Waals surface area contributed by atoms with Crippen LogP contribution in [0.15, 0.2) is 79.9 Å². The van der Waals surface area contributed by atoms with Crippen LogP contribution in [-0.2, 0) is 4.79 Å². The van der Waals surface area contributed by atoms with Crippen molar-refractivity contribution in [2.24, 2.45) is 0 Å². The number of carbonyl (C=O) groups is 2. The van der Waals surface area contributed by atoms with Crippen LogP contribution in [0.3, 0.4) is 0 Å². The van der Waals surface area contributed by atoms with Gasteiger partial charge in [-0.2, -0.15) is 0 Å². The van der Waals surface area contributed by atoms with Crippen molar-refractivity contribution in [2.75, 3.05) is 18.4 Å². The molecule has 1 N–H and O–H groups in total. The molecule has 1 aromatic carbocycles. The highest BCUT2D eigenvalue weighted by Gasteiger charge is 2.28. The summed E-state index contributed by atoms with van der Waals surface area (Å²) in [7, 11) is 0. The van der Waals surface area contributed by atoms with Crippen LogP contribution in [0.25, 0.3) is 21.6 Å². The second kappa shape index (κ2) is 9.23. The van der Waals surface area contributed by atoms with Gasteiger partial charge in [0.15, 0.2) is 5.69 Å². The zero-order chi connectivity index (χ0) is 24.4. The third-order valence-electron chi connectivity index (χ3n) is 6.28. The van der Waals surface area contributed by atoms with Crippen LogP contribution in [-0.4, -0.2) is 44.2 Å². The number of anilines is 1. The van der Waals surface area contributed by atoms with Crippen molar-refractivity contribution in [3.05, 3.63) is 102 Å². The fraction of sp³-hybridized carbons (Fsp3) is 0.148. The summed E-state index contributed by atoms with van der Waals surface area (Å²) in [6.07, 6.45) is 7.31. The molecule has 0 spiro atoms. The second-order valence-electron chi connectivity index (χ2n) is 8.34. The minimum Gasteiger partial charge on any atom is -0.339 e. The van der Waals surface area contributed by atoms with E-state index in [1.54, 1.807) is 30.7 Å². The van der Waals surface area contributed by atoms with Crippen LogP contribution < -0.4 is 5.32 Å². The lowest BCUT2D eigenvalue weighted by Crippen LogP contribution is -2.26. The summed E-state index contributed by atoms with van der Waals surface area (Å²) in [6.45, 7) is 12.1. The van der Waals surface area contributed by atoms with Gasteiger partial charge in [-0.15, -0.1) is 0 Å². The Morgan fingerprint density at radius 3 is 2.74 bits per heavy atom. The van der Waals surface area contributed by atoms with Gasteiger partial charge in [0.2, 0.25) is 5.91 Å². The molecule has 0 bridgehead atoms. The molecule has 1 aliphatic rings. The summed E-state index contributed by atoms with van der Waals surface area (Å²) in [6, 6.07) is 14.6. The average Bonchev–Trinajstić information content (AvgIpc) is 3.54. The molecule has 35 heavy (non-hydrogen) atoms. The van der Waals surface area contributed by atoms with Gasteiger partial charge in [-0.3, -0.25) is 9.59 Å². The van der Waals surface area contributed by atoms with Gasteiger partial charge in [0.1, 0.15) is 5.82 Å². The number of pyridine rings is 1. The van der Waals surface area contributed by atoms with Crippen LogP contribution in [0.2, 0.25) is 0 Å². The number of amides is 2. The lowest BCUT2D eigenvalue weighted by molar-refractivity contribution is -0.125. The number of rotatable bonds is 5. The van der Waals surface area contributed by atoms with Crippen LogP contribution in [0.4, 0.5) is 11.5 Å². The van der Waals surface area contributed by atoms with Gasteiger partial charge in [0, 0.05) is 37.0 Å². The molecule has 1 unspecified atom stereocenters. The standard InChI is InChI=1S/C27H22N6O2/c1-3-26(34)32-13-10-20(16-32)22-15-24(33-17-29-11-9-23(22)33)18-4-6-19(7-5-18)27(35)31-25-14-21(28-2)8-12-30-25/h3-9,11-12,14-15,17,20H,1,10,13,16H2,(H,30,31,35). The first-order valence-corrected chi connectivity index (χ1v) is 11.2. The molecular weight excluding hydrogens is 440 g/mol. The van der Waals surface area contributed by atoms with E-state index in [9.17, 15) is 9.59 Å². The molecule has 4 heterocycles. The Hall–Kier alpha value is -4.77. The third-order valence-corrected chi connectivity index (χ3v) is 6.28. The number of carbonyl (C=O) groups excluding carboxylic acids is 2. The Morgan fingerprint density at radius 2 is 1.97 bits per heavy atom. The van der Waals surface area contributed by atoms with E-state index in [2.05, 4.69) is 32.8 Å². The summed E-state index contributed by atoms with van der Waals surface area (Å²) >= 11 is 0. The van der Waals surface area contributed by atoms with E-state index < -0.39 is 0 Å². The molecule has 1 saturated heterocycles. The van der Waals surface area contributed by atoms with Crippen molar-refractivity contribution < 1.29 is 9.59 Å². The second-order valence-corrected chi connectivity index (χ2v) is 8.34. The van der Waals surface area contributed by atoms with Crippen LogP contribution in [0.5, 0.6) is 0 Å². The van der Waals surface area contributed by atoms with Gasteiger partial charge in [-0.1, -0.05) is 18.7 Å². The molecule has 2 amide bonds. The molecule has 5 rings (SSSR count). The van der Waals surface area contributed by atoms with Crippen LogP contribution in [0, 0.1) is 6.57 Å². The van der Waals surface area contributed by atoms with Gasteiger partial charge in [-0.05, 0) is 60.0 Å². The molecule has 4 aromatic rings. The largest absolute Gasteiger partial charge is 0.339 e. The number of nitrogens with zero attached hydrogens (tertiary/aromatic N) is 5. The number of aromatic nitrogens is 3. The number of fused-ring (bicyclic) bond motifs is 1. The van der Waals surface area contributed by atoms with Crippen LogP contribution >= 0.6 is 0 Å². The van der Waals surface area contributed by atoms with E-state index in [0.717, 1.165) is 23.2 Å². The maximum absolute atomic E-state index is 12.7. The number of nitrogens with one attached hydrogen (secondary N) is 1. The van der Waals surface area contributed by atoms with Crippen LogP contribution in [0.1, 0.15) is 28.3 Å². The Balaban J connectivity index is 1.41. The van der Waals surface area contributed by atoms with E-state index in [-0.39, 0.29) is 17.7 Å². The predicted molar refractivity (Wildman–Crippen MR) is 133 cm³/mol. The number of benzene rings is 1. The van der Waals surface area contributed by atoms with Crippen molar-refractivity contribution in [3.63, 3.8) is 0 Å². The number of hydrogen-bond acceptors (Lipinski definition) is 4. The quantitative estimate of drug-likeness (QED) is 0.344. The fourth-order valence-corrected chi connectivity index (χ4v) is 4.51. The highest BCUT2D eigenvalue weighted by atomic mass is 16.2. The van der Waals surface area contributed by atoms with E-state index in [0.29, 0.717) is 30.2 Å². The highest BCUT2D eigenvalue weighted by Crippen LogP contribution is 2.35. The first-order valence-electron chi connectivity index (χ1n) is 11.2. The molecule has 1 atom stereocenters. The molecule has 0 saturated carbocycles. The number of hydrogen-bond donors (Lipinski definition) is 1. The smallest absolute Gasteiger partial charge is 0.256 e. The summed E-state index contributed by atoms with van der Waals surface area (Å²) in [5, 5.41) is 2.73. The third kappa shape index (κ3) is 4.27. The van der Waals surface area contributed by atoms with Crippen molar-refractivity contribution in [1.82, 2.24) is 19.3 Å². The Morgan fingerprint density at radius 1 is 1.14 bits per heavy atom. The maximum atomic E-state index is 12.7. The molecule has 1 aliphatic heterocycles. The van der Waals surface area contributed by atoms with Crippen molar-refractivity contribution in [1.29, 1.82) is 0 Å². The van der Waals surface area contributed by atoms with E-state index in [1.165, 1.54) is 23.9 Å². The van der Waals surface area contributed by atoms with Gasteiger partial charge in [-0.25, -0.2) is 14.8 Å². The minimum absolute atomic E-state index is 0.0391. The molecular formula is C27H22N6O2. The molecule has 172 valence electrons. The zero-order valence-electron chi connectivity index (χ0n) is 18.9. The maximum Gasteiger partial charge on any atom is 0.256 e. The van der Waals surface area contributed by atoms with Gasteiger partial charge in [0.05, 0.1) is 24.1 Å². The number of likely N-dealkylation sites (tertiary alicyclic amines) is 1. The van der Waals surface area contributed by atoms with E-state index in [4.69, 9.17) is 6.57 Å². The molecule has 0 radical (unpaired) electrons. The minimum atomic E-state index is -0.300. The summed E-state index contributed by atoms with van der Waals surface area (Å²) in [5.41, 5.74) is 5.04. The van der Waals surface area contributed by atoms with Gasteiger partial charge >= 0.3 is 0 Å². The van der Waals surface area contributed by atoms with Gasteiger partial charge < -0.3 is 14.6 Å². The Kier molecular flexibility index (Phi) is 5.81. The Bertz CT molecular complexity index is 1480. The highest BCUT2D eigenvalue weighted by molar-refractivity contribution is 6.04. The molecule has 3 aromatic heterocycles. The molecule has 8 nitrogen and oxygen atoms in total. The lowest BCUT2D eigenvalue weighted by Gasteiger charge is -2.13. The monoisotopic (exact) mass is 462 g/mol. The average molecular weight is 463 g/mol.